The zero-order valence-electron chi connectivity index (χ0n) is 13.7. The molecule has 1 aliphatic rings. The minimum atomic E-state index is -1.30. The van der Waals surface area contributed by atoms with Gasteiger partial charge in [-0.1, -0.05) is 12.1 Å². The molecule has 7 heteroatoms. The van der Waals surface area contributed by atoms with E-state index in [2.05, 4.69) is 15.3 Å². The predicted molar refractivity (Wildman–Crippen MR) is 97.5 cm³/mol. The minimum Gasteiger partial charge on any atom is -0.369 e. The zero-order valence-corrected chi connectivity index (χ0v) is 13.7. The van der Waals surface area contributed by atoms with Gasteiger partial charge in [0.05, 0.1) is 16.6 Å². The van der Waals surface area contributed by atoms with Crippen LogP contribution in [-0.4, -0.2) is 21.0 Å². The van der Waals surface area contributed by atoms with Crippen molar-refractivity contribution in [2.45, 2.75) is 6.23 Å². The summed E-state index contributed by atoms with van der Waals surface area (Å²) in [5.74, 6) is -1.45. The van der Waals surface area contributed by atoms with Gasteiger partial charge in [-0.15, -0.1) is 0 Å². The first-order chi connectivity index (χ1) is 13.1. The fraction of sp³-hybridized carbons (Fsp3) is 0.0500. The molecule has 0 aliphatic carbocycles. The Bertz CT molecular complexity index is 1460. The van der Waals surface area contributed by atoms with E-state index in [1.165, 1.54) is 12.1 Å². The number of H-pyrrole nitrogens is 2. The number of aromatic amines is 2. The molecule has 6 rings (SSSR count). The molecule has 5 nitrogen and oxygen atoms in total. The molecule has 27 heavy (non-hydrogen) atoms. The number of hydrogen-bond donors (Lipinski definition) is 4. The van der Waals surface area contributed by atoms with Crippen molar-refractivity contribution in [1.82, 2.24) is 15.3 Å². The summed E-state index contributed by atoms with van der Waals surface area (Å²) in [5, 5.41) is 14.3. The van der Waals surface area contributed by atoms with Crippen molar-refractivity contribution in [3.05, 3.63) is 59.2 Å². The Balaban J connectivity index is 2.02. The number of halogens is 2. The summed E-state index contributed by atoms with van der Waals surface area (Å²) < 4.78 is 29.3. The zero-order chi connectivity index (χ0) is 18.4. The summed E-state index contributed by atoms with van der Waals surface area (Å²) in [7, 11) is 0. The molecule has 132 valence electrons. The van der Waals surface area contributed by atoms with Crippen LogP contribution < -0.4 is 5.32 Å². The summed E-state index contributed by atoms with van der Waals surface area (Å²) in [6.07, 6.45) is -1.30. The maximum Gasteiger partial charge on any atom is 0.254 e. The van der Waals surface area contributed by atoms with Gasteiger partial charge in [0.15, 0.2) is 6.23 Å². The maximum absolute atomic E-state index is 14.6. The lowest BCUT2D eigenvalue weighted by Crippen LogP contribution is -2.18. The lowest BCUT2D eigenvalue weighted by molar-refractivity contribution is 0.0853. The van der Waals surface area contributed by atoms with Gasteiger partial charge in [0.2, 0.25) is 0 Å². The van der Waals surface area contributed by atoms with Gasteiger partial charge in [-0.05, 0) is 24.3 Å². The third-order valence-electron chi connectivity index (χ3n) is 5.35. The molecule has 4 N–H and O–H groups in total. The first-order valence-electron chi connectivity index (χ1n) is 8.41. The largest absolute Gasteiger partial charge is 0.369 e. The van der Waals surface area contributed by atoms with Crippen molar-refractivity contribution in [3.63, 3.8) is 0 Å². The fourth-order valence-corrected chi connectivity index (χ4v) is 4.34. The summed E-state index contributed by atoms with van der Waals surface area (Å²) in [6, 6.07) is 9.23. The second-order valence-corrected chi connectivity index (χ2v) is 6.74. The number of amides is 1. The monoisotopic (exact) mass is 363 g/mol. The SMILES string of the molecule is O=C1NC(O)c2c1c1c([nH]c3cccc(F)c31)c1[nH]c3cccc(F)c3c21. The number of hydrogen-bond acceptors (Lipinski definition) is 2. The highest BCUT2D eigenvalue weighted by molar-refractivity contribution is 6.30. The number of fused-ring (bicyclic) bond motifs is 10. The van der Waals surface area contributed by atoms with Gasteiger partial charge >= 0.3 is 0 Å². The van der Waals surface area contributed by atoms with Crippen LogP contribution in [0.15, 0.2) is 36.4 Å². The van der Waals surface area contributed by atoms with E-state index >= 15 is 0 Å². The van der Waals surface area contributed by atoms with Crippen LogP contribution in [0.3, 0.4) is 0 Å². The van der Waals surface area contributed by atoms with E-state index in [1.54, 1.807) is 24.3 Å². The number of nitrogens with one attached hydrogen (secondary N) is 3. The Labute approximate surface area is 149 Å². The van der Waals surface area contributed by atoms with Crippen molar-refractivity contribution in [2.24, 2.45) is 0 Å². The number of aliphatic hydroxyl groups excluding tert-OH is 1. The first-order valence-corrected chi connectivity index (χ1v) is 8.41. The van der Waals surface area contributed by atoms with Crippen LogP contribution in [0.2, 0.25) is 0 Å². The number of benzene rings is 3. The van der Waals surface area contributed by atoms with Crippen LogP contribution in [0.4, 0.5) is 8.78 Å². The van der Waals surface area contributed by atoms with Crippen LogP contribution in [0.1, 0.15) is 22.1 Å². The van der Waals surface area contributed by atoms with Crippen LogP contribution in [0.25, 0.3) is 43.6 Å². The molecule has 0 saturated carbocycles. The smallest absolute Gasteiger partial charge is 0.254 e. The molecule has 0 radical (unpaired) electrons. The van der Waals surface area contributed by atoms with Crippen molar-refractivity contribution in [3.8, 4) is 0 Å². The van der Waals surface area contributed by atoms with Gasteiger partial charge in [0, 0.05) is 38.1 Å². The summed E-state index contributed by atoms with van der Waals surface area (Å²) in [6.45, 7) is 0. The van der Waals surface area contributed by atoms with E-state index in [0.717, 1.165) is 0 Å². The Morgan fingerprint density at radius 3 is 2.00 bits per heavy atom. The van der Waals surface area contributed by atoms with Gasteiger partial charge in [0.25, 0.3) is 5.91 Å². The molecule has 5 aromatic rings. The number of aromatic nitrogens is 2. The molecular formula is C20H11F2N3O2. The average Bonchev–Trinajstić information content (AvgIpc) is 3.27. The van der Waals surface area contributed by atoms with Crippen LogP contribution in [0, 0.1) is 11.6 Å². The van der Waals surface area contributed by atoms with Gasteiger partial charge in [-0.2, -0.15) is 0 Å². The molecule has 0 bridgehead atoms. The van der Waals surface area contributed by atoms with Crippen LogP contribution >= 0.6 is 0 Å². The van der Waals surface area contributed by atoms with E-state index in [0.29, 0.717) is 38.2 Å². The molecule has 2 aromatic heterocycles. The second kappa shape index (κ2) is 4.63. The molecule has 3 aromatic carbocycles. The number of aliphatic hydroxyl groups is 1. The molecule has 1 atom stereocenters. The second-order valence-electron chi connectivity index (χ2n) is 6.74. The molecular weight excluding hydrogens is 352 g/mol. The maximum atomic E-state index is 14.6. The molecule has 0 saturated heterocycles. The Hall–Kier alpha value is -3.45. The van der Waals surface area contributed by atoms with E-state index < -0.39 is 23.8 Å². The van der Waals surface area contributed by atoms with E-state index in [9.17, 15) is 18.7 Å². The highest BCUT2D eigenvalue weighted by Gasteiger charge is 2.35. The van der Waals surface area contributed by atoms with Gasteiger partial charge in [-0.3, -0.25) is 4.79 Å². The first kappa shape index (κ1) is 14.7. The average molecular weight is 363 g/mol. The quantitative estimate of drug-likeness (QED) is 0.336. The molecule has 1 aliphatic heterocycles. The topological polar surface area (TPSA) is 80.9 Å². The Morgan fingerprint density at radius 1 is 0.815 bits per heavy atom. The summed E-state index contributed by atoms with van der Waals surface area (Å²) >= 11 is 0. The van der Waals surface area contributed by atoms with Gasteiger partial charge < -0.3 is 20.4 Å². The van der Waals surface area contributed by atoms with Crippen molar-refractivity contribution in [1.29, 1.82) is 0 Å². The van der Waals surface area contributed by atoms with Crippen molar-refractivity contribution in [2.75, 3.05) is 0 Å². The number of rotatable bonds is 0. The number of carbonyl (C=O) groups excluding carboxylic acids is 1. The number of carbonyl (C=O) groups is 1. The molecule has 0 spiro atoms. The highest BCUT2D eigenvalue weighted by atomic mass is 19.1. The van der Waals surface area contributed by atoms with E-state index in [4.69, 9.17) is 0 Å². The highest BCUT2D eigenvalue weighted by Crippen LogP contribution is 2.45. The predicted octanol–water partition coefficient (Wildman–Crippen LogP) is 3.97. The third kappa shape index (κ3) is 1.63. The standard InChI is InChI=1S/C20H11F2N3O2/c21-7-3-1-5-9-11(7)13-15-16(20(27)25-19(15)26)14-12-8(22)4-2-6-10(12)24-18(14)17(13)23-9/h1-6,19,23-24,26H,(H,25,27). The molecule has 1 unspecified atom stereocenters. The third-order valence-corrected chi connectivity index (χ3v) is 5.35. The Morgan fingerprint density at radius 2 is 1.37 bits per heavy atom. The molecule has 3 heterocycles. The summed E-state index contributed by atoms with van der Waals surface area (Å²) in [5.41, 5.74) is 2.52. The molecule has 0 fully saturated rings. The Kier molecular flexibility index (Phi) is 2.52. The molecule has 1 amide bonds. The van der Waals surface area contributed by atoms with Crippen LogP contribution in [-0.2, 0) is 0 Å². The lowest BCUT2D eigenvalue weighted by Gasteiger charge is -2.07. The summed E-state index contributed by atoms with van der Waals surface area (Å²) in [4.78, 5) is 18.9. The van der Waals surface area contributed by atoms with Gasteiger partial charge in [-0.25, -0.2) is 8.78 Å². The van der Waals surface area contributed by atoms with Gasteiger partial charge in [0.1, 0.15) is 11.6 Å². The van der Waals surface area contributed by atoms with Crippen molar-refractivity contribution < 1.29 is 18.7 Å². The normalized spacial score (nSPS) is 16.7. The fourth-order valence-electron chi connectivity index (χ4n) is 4.34. The minimum absolute atomic E-state index is 0.172. The van der Waals surface area contributed by atoms with Crippen LogP contribution in [0.5, 0.6) is 0 Å². The van der Waals surface area contributed by atoms with E-state index in [1.807, 2.05) is 0 Å². The van der Waals surface area contributed by atoms with E-state index in [-0.39, 0.29) is 16.5 Å². The van der Waals surface area contributed by atoms with Crippen molar-refractivity contribution >= 4 is 49.5 Å². The lowest BCUT2D eigenvalue weighted by atomic mass is 9.96.